The van der Waals surface area contributed by atoms with E-state index in [0.717, 1.165) is 17.2 Å². The normalized spacial score (nSPS) is 14.9. The minimum atomic E-state index is -3.62. The molecule has 2 aromatic carbocycles. The third-order valence-electron chi connectivity index (χ3n) is 6.24. The van der Waals surface area contributed by atoms with Crippen LogP contribution in [-0.2, 0) is 16.4 Å². The van der Waals surface area contributed by atoms with Crippen LogP contribution < -0.4 is 14.4 Å². The van der Waals surface area contributed by atoms with E-state index >= 15 is 0 Å². The number of benzene rings is 2. The summed E-state index contributed by atoms with van der Waals surface area (Å²) in [6.45, 7) is 8.44. The van der Waals surface area contributed by atoms with E-state index in [1.807, 2.05) is 0 Å². The second kappa shape index (κ2) is 9.93. The van der Waals surface area contributed by atoms with E-state index in [0.29, 0.717) is 37.7 Å². The monoisotopic (exact) mass is 501 g/mol. The first-order chi connectivity index (χ1) is 16.2. The van der Waals surface area contributed by atoms with Gasteiger partial charge in [-0.2, -0.15) is 4.31 Å². The van der Waals surface area contributed by atoms with E-state index in [1.165, 1.54) is 46.8 Å². The summed E-state index contributed by atoms with van der Waals surface area (Å²) in [6, 6.07) is 9.13. The Bertz CT molecular complexity index is 1260. The number of aryl methyl sites for hydroxylation is 3. The lowest BCUT2D eigenvalue weighted by molar-refractivity contribution is 0.353. The molecule has 1 saturated heterocycles. The number of sulfonamides is 1. The van der Waals surface area contributed by atoms with Crippen LogP contribution in [-0.4, -0.2) is 58.1 Å². The summed E-state index contributed by atoms with van der Waals surface area (Å²) in [5.74, 6) is 0.901. The number of methoxy groups -OCH3 is 2. The molecule has 9 heteroatoms. The minimum Gasteiger partial charge on any atom is -0.493 e. The first-order valence-electron chi connectivity index (χ1n) is 11.2. The molecule has 1 aliphatic rings. The first-order valence-corrected chi connectivity index (χ1v) is 13.5. The quantitative estimate of drug-likeness (QED) is 0.484. The van der Waals surface area contributed by atoms with Crippen molar-refractivity contribution in [1.82, 2.24) is 9.29 Å². The van der Waals surface area contributed by atoms with Gasteiger partial charge in [0.25, 0.3) is 0 Å². The Morgan fingerprint density at radius 3 is 2.21 bits per heavy atom. The molecule has 0 amide bonds. The zero-order valence-corrected chi connectivity index (χ0v) is 21.9. The van der Waals surface area contributed by atoms with Crippen LogP contribution in [0.4, 0.5) is 5.13 Å². The standard InChI is InChI=1S/C25H31N3O4S2/c1-17-12-18(2)22(19(3)13-17)14-20-16-33-25(26-20)27-8-10-28(11-9-27)34(29,30)21-6-7-23(31-4)24(15-21)32-5/h6-7,12-13,15-16H,8-11,14H2,1-5H3. The third-order valence-corrected chi connectivity index (χ3v) is 9.08. The van der Waals surface area contributed by atoms with Crippen molar-refractivity contribution in [2.45, 2.75) is 32.1 Å². The average molecular weight is 502 g/mol. The van der Waals surface area contributed by atoms with Gasteiger partial charge in [0.05, 0.1) is 24.8 Å². The molecule has 1 aliphatic heterocycles. The molecule has 1 aromatic heterocycles. The summed E-state index contributed by atoms with van der Waals surface area (Å²) in [5, 5.41) is 3.06. The molecule has 0 atom stereocenters. The third kappa shape index (κ3) is 4.92. The van der Waals surface area contributed by atoms with E-state index in [-0.39, 0.29) is 4.90 Å². The number of ether oxygens (including phenoxy) is 2. The summed E-state index contributed by atoms with van der Waals surface area (Å²) < 4.78 is 38.4. The number of thiazole rings is 1. The summed E-state index contributed by atoms with van der Waals surface area (Å²) >= 11 is 1.62. The van der Waals surface area contributed by atoms with Crippen molar-refractivity contribution >= 4 is 26.5 Å². The molecular formula is C25H31N3O4S2. The average Bonchev–Trinajstić information content (AvgIpc) is 3.29. The highest BCUT2D eigenvalue weighted by molar-refractivity contribution is 7.89. The Hall–Kier alpha value is -2.62. The highest BCUT2D eigenvalue weighted by atomic mass is 32.2. The van der Waals surface area contributed by atoms with Crippen molar-refractivity contribution in [2.24, 2.45) is 0 Å². The fourth-order valence-corrected chi connectivity index (χ4v) is 6.76. The lowest BCUT2D eigenvalue weighted by atomic mass is 9.96. The Morgan fingerprint density at radius 1 is 0.941 bits per heavy atom. The highest BCUT2D eigenvalue weighted by Gasteiger charge is 2.30. The van der Waals surface area contributed by atoms with Crippen LogP contribution in [0.2, 0.25) is 0 Å². The van der Waals surface area contributed by atoms with Crippen LogP contribution in [0, 0.1) is 20.8 Å². The maximum Gasteiger partial charge on any atom is 0.243 e. The van der Waals surface area contributed by atoms with E-state index < -0.39 is 10.0 Å². The maximum atomic E-state index is 13.2. The predicted octanol–water partition coefficient (Wildman–Crippen LogP) is 4.19. The Kier molecular flexibility index (Phi) is 7.16. The fraction of sp³-hybridized carbons (Fsp3) is 0.400. The molecule has 0 radical (unpaired) electrons. The van der Waals surface area contributed by atoms with Gasteiger partial charge in [0, 0.05) is 44.0 Å². The van der Waals surface area contributed by atoms with Crippen LogP contribution in [0.3, 0.4) is 0 Å². The van der Waals surface area contributed by atoms with E-state index in [4.69, 9.17) is 14.5 Å². The molecule has 4 rings (SSSR count). The lowest BCUT2D eigenvalue weighted by Crippen LogP contribution is -2.48. The smallest absolute Gasteiger partial charge is 0.243 e. The number of hydrogen-bond donors (Lipinski definition) is 0. The van der Waals surface area contributed by atoms with Crippen molar-refractivity contribution < 1.29 is 17.9 Å². The summed E-state index contributed by atoms with van der Waals surface area (Å²) in [7, 11) is -0.597. The molecule has 0 saturated carbocycles. The first kappa shape index (κ1) is 24.5. The maximum absolute atomic E-state index is 13.2. The van der Waals surface area contributed by atoms with E-state index in [1.54, 1.807) is 23.5 Å². The van der Waals surface area contributed by atoms with Crippen molar-refractivity contribution in [3.05, 3.63) is 63.7 Å². The minimum absolute atomic E-state index is 0.207. The van der Waals surface area contributed by atoms with E-state index in [9.17, 15) is 8.42 Å². The van der Waals surface area contributed by atoms with Gasteiger partial charge in [-0.15, -0.1) is 11.3 Å². The zero-order valence-electron chi connectivity index (χ0n) is 20.3. The number of anilines is 1. The van der Waals surface area contributed by atoms with Crippen LogP contribution in [0.5, 0.6) is 11.5 Å². The number of nitrogens with zero attached hydrogens (tertiary/aromatic N) is 3. The largest absolute Gasteiger partial charge is 0.493 e. The van der Waals surface area contributed by atoms with Gasteiger partial charge >= 0.3 is 0 Å². The molecule has 182 valence electrons. The van der Waals surface area contributed by atoms with Crippen LogP contribution in [0.1, 0.15) is 27.9 Å². The van der Waals surface area contributed by atoms with Crippen LogP contribution in [0.25, 0.3) is 0 Å². The van der Waals surface area contributed by atoms with Crippen LogP contribution >= 0.6 is 11.3 Å². The second-order valence-corrected chi connectivity index (χ2v) is 11.4. The second-order valence-electron chi connectivity index (χ2n) is 8.58. The molecule has 0 N–H and O–H groups in total. The van der Waals surface area contributed by atoms with Crippen molar-refractivity contribution in [2.75, 3.05) is 45.3 Å². The van der Waals surface area contributed by atoms with Gasteiger partial charge in [-0.3, -0.25) is 0 Å². The van der Waals surface area contributed by atoms with Gasteiger partial charge in [0.15, 0.2) is 16.6 Å². The highest BCUT2D eigenvalue weighted by Crippen LogP contribution is 2.31. The molecule has 3 aromatic rings. The molecule has 7 nitrogen and oxygen atoms in total. The summed E-state index contributed by atoms with van der Waals surface area (Å²) in [5.41, 5.74) is 6.24. The fourth-order valence-electron chi connectivity index (χ4n) is 4.44. The van der Waals surface area contributed by atoms with Gasteiger partial charge in [0.1, 0.15) is 0 Å². The predicted molar refractivity (Wildman–Crippen MR) is 136 cm³/mol. The zero-order chi connectivity index (χ0) is 24.5. The topological polar surface area (TPSA) is 72.0 Å². The number of piperazine rings is 1. The Balaban J connectivity index is 1.43. The van der Waals surface area contributed by atoms with E-state index in [2.05, 4.69) is 43.2 Å². The van der Waals surface area contributed by atoms with Crippen molar-refractivity contribution in [3.8, 4) is 11.5 Å². The summed E-state index contributed by atoms with van der Waals surface area (Å²) in [6.07, 6.45) is 0.808. The molecule has 0 spiro atoms. The molecule has 1 fully saturated rings. The van der Waals surface area contributed by atoms with Gasteiger partial charge in [0.2, 0.25) is 10.0 Å². The van der Waals surface area contributed by atoms with Crippen LogP contribution in [0.15, 0.2) is 40.6 Å². The molecule has 0 bridgehead atoms. The Morgan fingerprint density at radius 2 is 1.59 bits per heavy atom. The van der Waals surface area contributed by atoms with Gasteiger partial charge < -0.3 is 14.4 Å². The number of aromatic nitrogens is 1. The Labute approximate surface area is 206 Å². The van der Waals surface area contributed by atoms with Gasteiger partial charge in [-0.05, 0) is 49.6 Å². The van der Waals surface area contributed by atoms with Gasteiger partial charge in [-0.1, -0.05) is 17.7 Å². The SMILES string of the molecule is COc1ccc(S(=O)(=O)N2CCN(c3nc(Cc4c(C)cc(C)cc4C)cs3)CC2)cc1OC. The molecule has 0 unspecified atom stereocenters. The molecule has 0 aliphatic carbocycles. The lowest BCUT2D eigenvalue weighted by Gasteiger charge is -2.33. The number of rotatable bonds is 7. The van der Waals surface area contributed by atoms with Crippen molar-refractivity contribution in [1.29, 1.82) is 0 Å². The number of hydrogen-bond acceptors (Lipinski definition) is 7. The molecular weight excluding hydrogens is 470 g/mol. The van der Waals surface area contributed by atoms with Crippen molar-refractivity contribution in [3.63, 3.8) is 0 Å². The van der Waals surface area contributed by atoms with Gasteiger partial charge in [-0.25, -0.2) is 13.4 Å². The molecule has 2 heterocycles. The molecule has 34 heavy (non-hydrogen) atoms. The summed E-state index contributed by atoms with van der Waals surface area (Å²) in [4.78, 5) is 7.24.